The molecule has 1 N–H and O–H groups in total. The van der Waals surface area contributed by atoms with Crippen LogP contribution in [0.2, 0.25) is 0 Å². The van der Waals surface area contributed by atoms with Gasteiger partial charge in [-0.05, 0) is 55.7 Å². The second kappa shape index (κ2) is 5.87. The summed E-state index contributed by atoms with van der Waals surface area (Å²) in [4.78, 5) is 0. The Labute approximate surface area is 122 Å². The lowest BCUT2D eigenvalue weighted by Gasteiger charge is -2.34. The number of benzene rings is 1. The highest BCUT2D eigenvalue weighted by molar-refractivity contribution is 5.35. The lowest BCUT2D eigenvalue weighted by molar-refractivity contribution is -0.115. The smallest absolute Gasteiger partial charge is 0.0943 e. The standard InChI is InChI=1S/C18H26O2/c1-2-20-18(10-3-4-11-18)17(19)13-14-8-9-15-6-5-7-16(15)12-14/h8-9,12,17,19H,2-7,10-11,13H2,1H3. The van der Waals surface area contributed by atoms with Crippen LogP contribution in [0.3, 0.4) is 0 Å². The summed E-state index contributed by atoms with van der Waals surface area (Å²) in [5.41, 5.74) is 3.98. The average molecular weight is 274 g/mol. The Bertz CT molecular complexity index is 460. The molecule has 1 unspecified atom stereocenters. The van der Waals surface area contributed by atoms with E-state index in [4.69, 9.17) is 4.74 Å². The molecule has 0 aliphatic heterocycles. The largest absolute Gasteiger partial charge is 0.390 e. The summed E-state index contributed by atoms with van der Waals surface area (Å²) in [5.74, 6) is 0. The van der Waals surface area contributed by atoms with Crippen LogP contribution in [0.5, 0.6) is 0 Å². The van der Waals surface area contributed by atoms with Gasteiger partial charge < -0.3 is 9.84 Å². The number of aryl methyl sites for hydroxylation is 2. The van der Waals surface area contributed by atoms with Crippen molar-refractivity contribution in [2.24, 2.45) is 0 Å². The molecule has 110 valence electrons. The summed E-state index contributed by atoms with van der Waals surface area (Å²) in [6, 6.07) is 6.76. The van der Waals surface area contributed by atoms with Crippen LogP contribution in [0.15, 0.2) is 18.2 Å². The molecule has 20 heavy (non-hydrogen) atoms. The topological polar surface area (TPSA) is 29.5 Å². The summed E-state index contributed by atoms with van der Waals surface area (Å²) < 4.78 is 5.97. The Morgan fingerprint density at radius 3 is 2.65 bits per heavy atom. The monoisotopic (exact) mass is 274 g/mol. The number of aliphatic hydroxyl groups excluding tert-OH is 1. The van der Waals surface area contributed by atoms with E-state index in [2.05, 4.69) is 18.2 Å². The fraction of sp³-hybridized carbons (Fsp3) is 0.667. The number of ether oxygens (including phenoxy) is 1. The molecule has 1 fully saturated rings. The van der Waals surface area contributed by atoms with E-state index in [0.29, 0.717) is 6.61 Å². The number of fused-ring (bicyclic) bond motifs is 1. The molecule has 2 aliphatic rings. The van der Waals surface area contributed by atoms with E-state index >= 15 is 0 Å². The predicted molar refractivity (Wildman–Crippen MR) is 81.0 cm³/mol. The van der Waals surface area contributed by atoms with Crippen molar-refractivity contribution in [3.05, 3.63) is 34.9 Å². The molecule has 0 saturated heterocycles. The Balaban J connectivity index is 1.73. The summed E-state index contributed by atoms with van der Waals surface area (Å²) in [6.45, 7) is 2.73. The highest BCUT2D eigenvalue weighted by Crippen LogP contribution is 2.37. The molecule has 2 nitrogen and oxygen atoms in total. The van der Waals surface area contributed by atoms with Gasteiger partial charge >= 0.3 is 0 Å². The number of aliphatic hydroxyl groups is 1. The van der Waals surface area contributed by atoms with Crippen LogP contribution in [0.1, 0.15) is 55.7 Å². The fourth-order valence-electron chi connectivity index (χ4n) is 4.00. The van der Waals surface area contributed by atoms with Crippen molar-refractivity contribution in [2.75, 3.05) is 6.61 Å². The molecule has 2 heteroatoms. The maximum atomic E-state index is 10.7. The quantitative estimate of drug-likeness (QED) is 0.891. The third-order valence-corrected chi connectivity index (χ3v) is 5.08. The molecular formula is C18H26O2. The van der Waals surface area contributed by atoms with Gasteiger partial charge in [0.2, 0.25) is 0 Å². The van der Waals surface area contributed by atoms with Crippen molar-refractivity contribution in [1.29, 1.82) is 0 Å². The van der Waals surface area contributed by atoms with Gasteiger partial charge in [0.1, 0.15) is 0 Å². The van der Waals surface area contributed by atoms with Gasteiger partial charge in [-0.3, -0.25) is 0 Å². The maximum Gasteiger partial charge on any atom is 0.0943 e. The van der Waals surface area contributed by atoms with E-state index in [1.54, 1.807) is 0 Å². The van der Waals surface area contributed by atoms with E-state index < -0.39 is 0 Å². The van der Waals surface area contributed by atoms with Gasteiger partial charge in [-0.25, -0.2) is 0 Å². The maximum absolute atomic E-state index is 10.7. The third kappa shape index (κ3) is 2.64. The molecule has 0 amide bonds. The highest BCUT2D eigenvalue weighted by Gasteiger charge is 2.41. The number of rotatable bonds is 5. The Kier molecular flexibility index (Phi) is 4.13. The van der Waals surface area contributed by atoms with Crippen LogP contribution in [0, 0.1) is 0 Å². The van der Waals surface area contributed by atoms with E-state index in [0.717, 1.165) is 19.3 Å². The van der Waals surface area contributed by atoms with Gasteiger partial charge in [-0.15, -0.1) is 0 Å². The zero-order valence-corrected chi connectivity index (χ0v) is 12.5. The summed E-state index contributed by atoms with van der Waals surface area (Å²) >= 11 is 0. The zero-order chi connectivity index (χ0) is 14.0. The molecule has 1 aromatic carbocycles. The average Bonchev–Trinajstić information content (AvgIpc) is 3.08. The van der Waals surface area contributed by atoms with Crippen molar-refractivity contribution in [2.45, 2.75) is 70.0 Å². The Morgan fingerprint density at radius 1 is 1.15 bits per heavy atom. The molecule has 3 rings (SSSR count). The van der Waals surface area contributed by atoms with Crippen LogP contribution in [-0.2, 0) is 24.0 Å². The molecule has 0 heterocycles. The van der Waals surface area contributed by atoms with E-state index in [-0.39, 0.29) is 11.7 Å². The van der Waals surface area contributed by atoms with Gasteiger partial charge in [0.05, 0.1) is 11.7 Å². The van der Waals surface area contributed by atoms with E-state index in [1.165, 1.54) is 48.8 Å². The van der Waals surface area contributed by atoms with Gasteiger partial charge in [-0.1, -0.05) is 31.0 Å². The summed E-state index contributed by atoms with van der Waals surface area (Å²) in [6.07, 6.45) is 8.45. The van der Waals surface area contributed by atoms with Crippen LogP contribution in [0.4, 0.5) is 0 Å². The van der Waals surface area contributed by atoms with Crippen molar-refractivity contribution >= 4 is 0 Å². The molecule has 0 spiro atoms. The second-order valence-corrected chi connectivity index (χ2v) is 6.38. The summed E-state index contributed by atoms with van der Waals surface area (Å²) in [5, 5.41) is 10.7. The second-order valence-electron chi connectivity index (χ2n) is 6.38. The first-order valence-electron chi connectivity index (χ1n) is 8.16. The predicted octanol–water partition coefficient (Wildman–Crippen LogP) is 3.43. The number of hydrogen-bond acceptors (Lipinski definition) is 2. The lowest BCUT2D eigenvalue weighted by atomic mass is 9.89. The molecule has 1 saturated carbocycles. The zero-order valence-electron chi connectivity index (χ0n) is 12.5. The highest BCUT2D eigenvalue weighted by atomic mass is 16.5. The Hall–Kier alpha value is -0.860. The first-order chi connectivity index (χ1) is 9.73. The van der Waals surface area contributed by atoms with Crippen molar-refractivity contribution < 1.29 is 9.84 Å². The molecule has 0 radical (unpaired) electrons. The first kappa shape index (κ1) is 14.1. The van der Waals surface area contributed by atoms with Gasteiger partial charge in [-0.2, -0.15) is 0 Å². The van der Waals surface area contributed by atoms with Crippen molar-refractivity contribution in [3.8, 4) is 0 Å². The van der Waals surface area contributed by atoms with Gasteiger partial charge in [0.15, 0.2) is 0 Å². The molecular weight excluding hydrogens is 248 g/mol. The number of hydrogen-bond donors (Lipinski definition) is 1. The van der Waals surface area contributed by atoms with Crippen molar-refractivity contribution in [3.63, 3.8) is 0 Å². The van der Waals surface area contributed by atoms with Crippen LogP contribution in [-0.4, -0.2) is 23.4 Å². The normalized spacial score (nSPS) is 21.9. The molecule has 1 atom stereocenters. The fourth-order valence-corrected chi connectivity index (χ4v) is 4.00. The first-order valence-corrected chi connectivity index (χ1v) is 8.16. The lowest BCUT2D eigenvalue weighted by Crippen LogP contribution is -2.43. The minimum absolute atomic E-state index is 0.284. The SMILES string of the molecule is CCOC1(C(O)Cc2ccc3c(c2)CCC3)CCCC1. The minimum atomic E-state index is -0.371. The van der Waals surface area contributed by atoms with Gasteiger partial charge in [0.25, 0.3) is 0 Å². The van der Waals surface area contributed by atoms with Crippen LogP contribution >= 0.6 is 0 Å². The molecule has 0 aromatic heterocycles. The van der Waals surface area contributed by atoms with Crippen LogP contribution < -0.4 is 0 Å². The molecule has 0 bridgehead atoms. The third-order valence-electron chi connectivity index (χ3n) is 5.08. The van der Waals surface area contributed by atoms with Crippen LogP contribution in [0.25, 0.3) is 0 Å². The molecule has 2 aliphatic carbocycles. The van der Waals surface area contributed by atoms with E-state index in [9.17, 15) is 5.11 Å². The van der Waals surface area contributed by atoms with E-state index in [1.807, 2.05) is 6.92 Å². The Morgan fingerprint density at radius 2 is 1.90 bits per heavy atom. The van der Waals surface area contributed by atoms with Gasteiger partial charge in [0, 0.05) is 13.0 Å². The minimum Gasteiger partial charge on any atom is -0.390 e. The molecule has 1 aromatic rings. The summed E-state index contributed by atoms with van der Waals surface area (Å²) in [7, 11) is 0. The van der Waals surface area contributed by atoms with Crippen molar-refractivity contribution in [1.82, 2.24) is 0 Å².